The quantitative estimate of drug-likeness (QED) is 0.656. The first-order valence-electron chi connectivity index (χ1n) is 11.4. The van der Waals surface area contributed by atoms with Crippen molar-refractivity contribution in [3.63, 3.8) is 0 Å². The summed E-state index contributed by atoms with van der Waals surface area (Å²) in [4.78, 5) is 23.9. The molecule has 3 aromatic rings. The number of morpholine rings is 1. The van der Waals surface area contributed by atoms with Gasteiger partial charge in [0.05, 0.1) is 13.2 Å². The van der Waals surface area contributed by atoms with Gasteiger partial charge in [-0.1, -0.05) is 24.3 Å². The molecule has 7 heteroatoms. The predicted octanol–water partition coefficient (Wildman–Crippen LogP) is 4.04. The third-order valence-corrected chi connectivity index (χ3v) is 6.27. The van der Waals surface area contributed by atoms with Crippen LogP contribution < -0.4 is 15.0 Å². The first-order valence-corrected chi connectivity index (χ1v) is 11.4. The molecule has 0 unspecified atom stereocenters. The molecule has 1 aliphatic carbocycles. The first-order chi connectivity index (χ1) is 15.8. The topological polar surface area (TPSA) is 76.6 Å². The predicted molar refractivity (Wildman–Crippen MR) is 124 cm³/mol. The van der Waals surface area contributed by atoms with Crippen molar-refractivity contribution in [2.24, 2.45) is 5.92 Å². The second kappa shape index (κ2) is 9.53. The largest absolute Gasteiger partial charge is 0.474 e. The van der Waals surface area contributed by atoms with Gasteiger partial charge >= 0.3 is 0 Å². The van der Waals surface area contributed by atoms with Gasteiger partial charge in [-0.3, -0.25) is 4.79 Å². The molecule has 1 aliphatic heterocycles. The maximum Gasteiger partial charge on any atom is 0.228 e. The van der Waals surface area contributed by atoms with Crippen molar-refractivity contribution in [1.29, 1.82) is 0 Å². The van der Waals surface area contributed by atoms with Crippen molar-refractivity contribution in [3.05, 3.63) is 54.7 Å². The Bertz CT molecular complexity index is 1060. The van der Waals surface area contributed by atoms with E-state index in [2.05, 4.69) is 33.4 Å². The van der Waals surface area contributed by atoms with Crippen LogP contribution in [0.3, 0.4) is 0 Å². The van der Waals surface area contributed by atoms with Crippen molar-refractivity contribution in [2.45, 2.75) is 31.8 Å². The summed E-state index contributed by atoms with van der Waals surface area (Å²) in [6.45, 7) is 3.10. The number of hydrogen-bond acceptors (Lipinski definition) is 6. The van der Waals surface area contributed by atoms with Gasteiger partial charge in [-0.25, -0.2) is 4.98 Å². The van der Waals surface area contributed by atoms with Crippen molar-refractivity contribution in [3.8, 4) is 5.88 Å². The van der Waals surface area contributed by atoms with Crippen LogP contribution >= 0.6 is 0 Å². The fraction of sp³-hybridized carbons (Fsp3) is 0.400. The zero-order chi connectivity index (χ0) is 21.8. The third-order valence-electron chi connectivity index (χ3n) is 6.27. The van der Waals surface area contributed by atoms with Gasteiger partial charge in [0.15, 0.2) is 0 Å². The maximum absolute atomic E-state index is 12.6. The minimum Gasteiger partial charge on any atom is -0.474 e. The molecule has 2 aliphatic rings. The monoisotopic (exact) mass is 432 g/mol. The molecule has 32 heavy (non-hydrogen) atoms. The molecule has 1 amide bonds. The highest BCUT2D eigenvalue weighted by Gasteiger charge is 2.28. The van der Waals surface area contributed by atoms with E-state index in [1.807, 2.05) is 30.3 Å². The zero-order valence-corrected chi connectivity index (χ0v) is 18.1. The van der Waals surface area contributed by atoms with Crippen LogP contribution in [0.4, 0.5) is 11.6 Å². The highest BCUT2D eigenvalue weighted by molar-refractivity contribution is 5.91. The van der Waals surface area contributed by atoms with Gasteiger partial charge in [0.2, 0.25) is 11.8 Å². The Morgan fingerprint density at radius 3 is 2.59 bits per heavy atom. The van der Waals surface area contributed by atoms with Crippen LogP contribution in [0.1, 0.15) is 25.7 Å². The molecule has 2 aromatic heterocycles. The molecule has 1 N–H and O–H groups in total. The van der Waals surface area contributed by atoms with E-state index in [9.17, 15) is 4.79 Å². The summed E-state index contributed by atoms with van der Waals surface area (Å²) in [6.07, 6.45) is 5.00. The smallest absolute Gasteiger partial charge is 0.228 e. The van der Waals surface area contributed by atoms with Crippen LogP contribution in [-0.2, 0) is 9.53 Å². The number of nitrogens with one attached hydrogen (secondary N) is 1. The normalized spacial score (nSPS) is 21.3. The molecule has 0 radical (unpaired) electrons. The number of benzene rings is 1. The van der Waals surface area contributed by atoms with E-state index >= 15 is 0 Å². The number of amides is 1. The Balaban J connectivity index is 1.26. The standard InChI is InChI=1S/C25H28N4O3/c30-24(27-22-7-3-4-12-26-22)18-8-10-20(11-9-18)32-25-21-6-2-1-5-19(21)17-23(28-25)29-13-15-31-16-14-29/h1-7,12,17-18,20H,8-11,13-16H2,(H,26,27,30)/t18-,20+. The van der Waals surface area contributed by atoms with Gasteiger partial charge in [-0.2, -0.15) is 4.98 Å². The average Bonchev–Trinajstić information content (AvgIpc) is 2.85. The summed E-state index contributed by atoms with van der Waals surface area (Å²) >= 11 is 0. The molecule has 5 rings (SSSR count). The van der Waals surface area contributed by atoms with Crippen LogP contribution in [0.15, 0.2) is 54.7 Å². The number of aromatic nitrogens is 2. The molecule has 0 atom stereocenters. The lowest BCUT2D eigenvalue weighted by Crippen LogP contribution is -2.37. The van der Waals surface area contributed by atoms with Crippen molar-refractivity contribution in [1.82, 2.24) is 9.97 Å². The van der Waals surface area contributed by atoms with E-state index in [4.69, 9.17) is 14.5 Å². The molecule has 7 nitrogen and oxygen atoms in total. The number of carbonyl (C=O) groups is 1. The Morgan fingerprint density at radius 2 is 1.81 bits per heavy atom. The van der Waals surface area contributed by atoms with Crippen molar-refractivity contribution in [2.75, 3.05) is 36.5 Å². The zero-order valence-electron chi connectivity index (χ0n) is 18.1. The van der Waals surface area contributed by atoms with Gasteiger partial charge in [0, 0.05) is 30.6 Å². The average molecular weight is 433 g/mol. The number of rotatable bonds is 5. The second-order valence-electron chi connectivity index (χ2n) is 8.40. The van der Waals surface area contributed by atoms with Gasteiger partial charge in [0.25, 0.3) is 0 Å². The van der Waals surface area contributed by atoms with Crippen LogP contribution in [0.25, 0.3) is 10.8 Å². The Morgan fingerprint density at radius 1 is 1.03 bits per heavy atom. The summed E-state index contributed by atoms with van der Waals surface area (Å²) in [5, 5.41) is 5.08. The van der Waals surface area contributed by atoms with Gasteiger partial charge < -0.3 is 19.7 Å². The molecular weight excluding hydrogens is 404 g/mol. The van der Waals surface area contributed by atoms with E-state index in [0.29, 0.717) is 11.7 Å². The van der Waals surface area contributed by atoms with Gasteiger partial charge in [0.1, 0.15) is 17.7 Å². The summed E-state index contributed by atoms with van der Waals surface area (Å²) in [6, 6.07) is 15.9. The molecular formula is C25H28N4O3. The van der Waals surface area contributed by atoms with Gasteiger partial charge in [-0.05, 0) is 55.3 Å². The minimum absolute atomic E-state index is 0.0127. The number of carbonyl (C=O) groups excluding carboxylic acids is 1. The van der Waals surface area contributed by atoms with Crippen LogP contribution in [-0.4, -0.2) is 48.3 Å². The van der Waals surface area contributed by atoms with Crippen LogP contribution in [0.5, 0.6) is 5.88 Å². The number of anilines is 2. The molecule has 1 saturated heterocycles. The van der Waals surface area contributed by atoms with E-state index in [0.717, 1.165) is 68.6 Å². The lowest BCUT2D eigenvalue weighted by molar-refractivity contribution is -0.121. The first kappa shape index (κ1) is 20.7. The van der Waals surface area contributed by atoms with E-state index in [1.54, 1.807) is 6.20 Å². The number of hydrogen-bond donors (Lipinski definition) is 1. The number of pyridine rings is 2. The van der Waals surface area contributed by atoms with E-state index in [1.165, 1.54) is 0 Å². The maximum atomic E-state index is 12.6. The van der Waals surface area contributed by atoms with Crippen LogP contribution in [0, 0.1) is 5.92 Å². The summed E-state index contributed by atoms with van der Waals surface area (Å²) in [5.41, 5.74) is 0. The summed E-state index contributed by atoms with van der Waals surface area (Å²) in [7, 11) is 0. The highest BCUT2D eigenvalue weighted by atomic mass is 16.5. The molecule has 0 spiro atoms. The third kappa shape index (κ3) is 4.67. The molecule has 0 bridgehead atoms. The summed E-state index contributed by atoms with van der Waals surface area (Å²) < 4.78 is 11.9. The lowest BCUT2D eigenvalue weighted by atomic mass is 9.86. The Labute approximate surface area is 187 Å². The molecule has 1 aromatic carbocycles. The second-order valence-corrected chi connectivity index (χ2v) is 8.40. The Kier molecular flexibility index (Phi) is 6.16. The Hall–Kier alpha value is -3.19. The molecule has 1 saturated carbocycles. The fourth-order valence-corrected chi connectivity index (χ4v) is 4.46. The lowest BCUT2D eigenvalue weighted by Gasteiger charge is -2.30. The van der Waals surface area contributed by atoms with E-state index < -0.39 is 0 Å². The van der Waals surface area contributed by atoms with E-state index in [-0.39, 0.29) is 17.9 Å². The van der Waals surface area contributed by atoms with Gasteiger partial charge in [-0.15, -0.1) is 0 Å². The SMILES string of the molecule is O=C(Nc1ccccn1)[C@H]1CC[C@@H](Oc2nc(N3CCOCC3)cc3ccccc23)CC1. The molecule has 2 fully saturated rings. The number of ether oxygens (including phenoxy) is 2. The molecule has 3 heterocycles. The number of nitrogens with zero attached hydrogens (tertiary/aromatic N) is 3. The molecule has 166 valence electrons. The number of fused-ring (bicyclic) bond motifs is 1. The van der Waals surface area contributed by atoms with Crippen molar-refractivity contribution < 1.29 is 14.3 Å². The fourth-order valence-electron chi connectivity index (χ4n) is 4.46. The van der Waals surface area contributed by atoms with Crippen molar-refractivity contribution >= 4 is 28.3 Å². The minimum atomic E-state index is -0.0127. The summed E-state index contributed by atoms with van der Waals surface area (Å²) in [5.74, 6) is 2.25. The highest BCUT2D eigenvalue weighted by Crippen LogP contribution is 2.33. The van der Waals surface area contributed by atoms with Crippen LogP contribution in [0.2, 0.25) is 0 Å².